The van der Waals surface area contributed by atoms with Crippen molar-refractivity contribution in [2.45, 2.75) is 6.61 Å². The second-order valence-electron chi connectivity index (χ2n) is 5.81. The third-order valence-corrected chi connectivity index (χ3v) is 5.44. The number of hydrogen-bond acceptors (Lipinski definition) is 7. The molecule has 11 heteroatoms. The topological polar surface area (TPSA) is 81.9 Å². The smallest absolute Gasteiger partial charge is 0.387 e. The van der Waals surface area contributed by atoms with Gasteiger partial charge in [0.05, 0.1) is 11.9 Å². The monoisotopic (exact) mass is 433 g/mol. The lowest BCUT2D eigenvalue weighted by molar-refractivity contribution is -0.0494. The molecule has 0 aliphatic carbocycles. The van der Waals surface area contributed by atoms with Crippen molar-refractivity contribution >= 4 is 33.7 Å². The highest BCUT2D eigenvalue weighted by Crippen LogP contribution is 2.33. The van der Waals surface area contributed by atoms with E-state index in [9.17, 15) is 13.6 Å². The molecular formula is C18H13F2N5O2S2. The Morgan fingerprint density at radius 1 is 1.21 bits per heavy atom. The zero-order valence-corrected chi connectivity index (χ0v) is 16.5. The van der Waals surface area contributed by atoms with Crippen LogP contribution in [0.2, 0.25) is 0 Å². The van der Waals surface area contributed by atoms with Gasteiger partial charge in [0.15, 0.2) is 5.13 Å². The lowest BCUT2D eigenvalue weighted by Crippen LogP contribution is -2.12. The molecule has 0 unspecified atom stereocenters. The minimum Gasteiger partial charge on any atom is -0.434 e. The Bertz CT molecular complexity index is 1150. The molecule has 148 valence electrons. The first-order valence-corrected chi connectivity index (χ1v) is 10.0. The molecule has 0 fully saturated rings. The van der Waals surface area contributed by atoms with Crippen LogP contribution in [0.3, 0.4) is 0 Å². The Morgan fingerprint density at radius 3 is 2.79 bits per heavy atom. The van der Waals surface area contributed by atoms with Crippen molar-refractivity contribution in [1.29, 1.82) is 0 Å². The maximum atomic E-state index is 12.6. The fourth-order valence-corrected chi connectivity index (χ4v) is 4.02. The highest BCUT2D eigenvalue weighted by atomic mass is 32.1. The number of rotatable bonds is 6. The van der Waals surface area contributed by atoms with Crippen molar-refractivity contribution in [2.75, 3.05) is 5.32 Å². The Hall–Kier alpha value is -3.18. The summed E-state index contributed by atoms with van der Waals surface area (Å²) in [5.74, 6) is -0.388. The first-order chi connectivity index (χ1) is 14.0. The van der Waals surface area contributed by atoms with E-state index in [4.69, 9.17) is 0 Å². The maximum absolute atomic E-state index is 12.6. The van der Waals surface area contributed by atoms with Crippen molar-refractivity contribution < 1.29 is 18.3 Å². The molecule has 0 saturated carbocycles. The molecule has 0 spiro atoms. The van der Waals surface area contributed by atoms with Gasteiger partial charge in [0.2, 0.25) is 0 Å². The van der Waals surface area contributed by atoms with Crippen molar-refractivity contribution in [1.82, 2.24) is 19.7 Å². The number of para-hydroxylation sites is 1. The first kappa shape index (κ1) is 19.2. The molecule has 0 bridgehead atoms. The summed E-state index contributed by atoms with van der Waals surface area (Å²) < 4.78 is 31.4. The number of alkyl halides is 2. The standard InChI is InChI=1S/C18H13F2N5O2S2/c1-25-7-10(6-21-25)16-22-13(9-28-16)15(26)24-18-23-12(8-29-18)11-4-2-3-5-14(11)27-17(19)20/h2-9,17H,1H3,(H,23,24,26). The number of nitrogens with zero attached hydrogens (tertiary/aromatic N) is 4. The fraction of sp³-hybridized carbons (Fsp3) is 0.111. The molecule has 29 heavy (non-hydrogen) atoms. The summed E-state index contributed by atoms with van der Waals surface area (Å²) in [5, 5.41) is 11.1. The fourth-order valence-electron chi connectivity index (χ4n) is 2.54. The summed E-state index contributed by atoms with van der Waals surface area (Å²) in [7, 11) is 1.80. The molecule has 3 aromatic heterocycles. The zero-order valence-electron chi connectivity index (χ0n) is 14.9. The number of thiazole rings is 2. The highest BCUT2D eigenvalue weighted by Gasteiger charge is 2.17. The van der Waals surface area contributed by atoms with Crippen molar-refractivity contribution in [3.05, 3.63) is 53.1 Å². The Kier molecular flexibility index (Phi) is 5.32. The number of aryl methyl sites for hydroxylation is 1. The van der Waals surface area contributed by atoms with Crippen LogP contribution in [0.15, 0.2) is 47.4 Å². The van der Waals surface area contributed by atoms with Crippen molar-refractivity contribution in [2.24, 2.45) is 7.05 Å². The number of aromatic nitrogens is 4. The zero-order chi connectivity index (χ0) is 20.4. The van der Waals surface area contributed by atoms with Gasteiger partial charge in [-0.05, 0) is 12.1 Å². The third kappa shape index (κ3) is 4.30. The van der Waals surface area contributed by atoms with Crippen LogP contribution < -0.4 is 10.1 Å². The molecule has 0 atom stereocenters. The van der Waals surface area contributed by atoms with Gasteiger partial charge in [0.1, 0.15) is 16.5 Å². The molecule has 1 amide bonds. The van der Waals surface area contributed by atoms with E-state index in [-0.39, 0.29) is 11.4 Å². The molecule has 3 heterocycles. The molecule has 7 nitrogen and oxygen atoms in total. The van der Waals surface area contributed by atoms with Crippen molar-refractivity contribution in [3.63, 3.8) is 0 Å². The second-order valence-corrected chi connectivity index (χ2v) is 7.52. The summed E-state index contributed by atoms with van der Waals surface area (Å²) >= 11 is 2.51. The number of halogens is 2. The van der Waals surface area contributed by atoms with Crippen molar-refractivity contribution in [3.8, 4) is 27.6 Å². The minimum atomic E-state index is -2.94. The van der Waals surface area contributed by atoms with E-state index in [2.05, 4.69) is 25.1 Å². The van der Waals surface area contributed by atoms with Crippen LogP contribution in [0.1, 0.15) is 10.5 Å². The summed E-state index contributed by atoms with van der Waals surface area (Å²) in [4.78, 5) is 21.1. The minimum absolute atomic E-state index is 0.0197. The van der Waals surface area contributed by atoms with E-state index in [0.717, 1.165) is 5.56 Å². The average Bonchev–Trinajstić information content (AvgIpc) is 3.42. The molecule has 4 rings (SSSR count). The van der Waals surface area contributed by atoms with E-state index in [1.807, 2.05) is 6.20 Å². The van der Waals surface area contributed by atoms with Gasteiger partial charge in [-0.15, -0.1) is 22.7 Å². The molecular weight excluding hydrogens is 420 g/mol. The normalized spacial score (nSPS) is 11.0. The van der Waals surface area contributed by atoms with E-state index in [1.54, 1.807) is 46.9 Å². The lowest BCUT2D eigenvalue weighted by atomic mass is 10.1. The summed E-state index contributed by atoms with van der Waals surface area (Å²) in [6, 6.07) is 6.35. The number of nitrogens with one attached hydrogen (secondary N) is 1. The quantitative estimate of drug-likeness (QED) is 0.483. The SMILES string of the molecule is Cn1cc(-c2nc(C(=O)Nc3nc(-c4ccccc4OC(F)F)cs3)cs2)cn1. The summed E-state index contributed by atoms with van der Waals surface area (Å²) in [5.41, 5.74) is 1.92. The number of anilines is 1. The molecule has 0 aliphatic rings. The number of ether oxygens (including phenoxy) is 1. The van der Waals surface area contributed by atoms with Gasteiger partial charge in [-0.2, -0.15) is 13.9 Å². The Morgan fingerprint density at radius 2 is 2.03 bits per heavy atom. The second kappa shape index (κ2) is 8.05. The van der Waals surface area contributed by atoms with Crippen LogP contribution in [-0.2, 0) is 7.05 Å². The summed E-state index contributed by atoms with van der Waals surface area (Å²) in [6.07, 6.45) is 3.49. The van der Waals surface area contributed by atoms with E-state index < -0.39 is 12.5 Å². The first-order valence-electron chi connectivity index (χ1n) is 8.25. The van der Waals surface area contributed by atoms with Gasteiger partial charge in [0.25, 0.3) is 5.91 Å². The number of benzene rings is 1. The molecule has 0 saturated heterocycles. The van der Waals surface area contributed by atoms with E-state index >= 15 is 0 Å². The largest absolute Gasteiger partial charge is 0.434 e. The number of hydrogen-bond donors (Lipinski definition) is 1. The van der Waals surface area contributed by atoms with E-state index in [0.29, 0.717) is 21.4 Å². The van der Waals surface area contributed by atoms with Crippen LogP contribution >= 0.6 is 22.7 Å². The van der Waals surface area contributed by atoms with Gasteiger partial charge < -0.3 is 4.74 Å². The number of carbonyl (C=O) groups is 1. The van der Waals surface area contributed by atoms with Gasteiger partial charge in [-0.25, -0.2) is 9.97 Å². The molecule has 1 N–H and O–H groups in total. The van der Waals surface area contributed by atoms with Gasteiger partial charge in [-0.1, -0.05) is 12.1 Å². The number of amides is 1. The van der Waals surface area contributed by atoms with Gasteiger partial charge >= 0.3 is 6.61 Å². The average molecular weight is 433 g/mol. The van der Waals surface area contributed by atoms with Crippen LogP contribution in [0, 0.1) is 0 Å². The van der Waals surface area contributed by atoms with Crippen LogP contribution in [0.4, 0.5) is 13.9 Å². The highest BCUT2D eigenvalue weighted by molar-refractivity contribution is 7.14. The predicted molar refractivity (Wildman–Crippen MR) is 106 cm³/mol. The van der Waals surface area contributed by atoms with Crippen LogP contribution in [0.5, 0.6) is 5.75 Å². The molecule has 0 radical (unpaired) electrons. The molecule has 4 aromatic rings. The summed E-state index contributed by atoms with van der Waals surface area (Å²) in [6.45, 7) is -2.94. The van der Waals surface area contributed by atoms with E-state index in [1.165, 1.54) is 28.7 Å². The lowest BCUT2D eigenvalue weighted by Gasteiger charge is -2.08. The Labute approximate surface area is 171 Å². The molecule has 0 aliphatic heterocycles. The van der Waals surface area contributed by atoms with Crippen LogP contribution in [-0.4, -0.2) is 32.3 Å². The maximum Gasteiger partial charge on any atom is 0.387 e. The van der Waals surface area contributed by atoms with Gasteiger partial charge in [0, 0.05) is 35.1 Å². The Balaban J connectivity index is 1.50. The van der Waals surface area contributed by atoms with Crippen LogP contribution in [0.25, 0.3) is 21.8 Å². The van der Waals surface area contributed by atoms with Gasteiger partial charge in [-0.3, -0.25) is 14.8 Å². The predicted octanol–water partition coefficient (Wildman–Crippen LogP) is 4.52. The third-order valence-electron chi connectivity index (χ3n) is 3.79. The number of carbonyl (C=O) groups excluding carboxylic acids is 1. The molecule has 1 aromatic carbocycles.